The van der Waals surface area contributed by atoms with E-state index in [2.05, 4.69) is 17.4 Å². The van der Waals surface area contributed by atoms with Crippen molar-refractivity contribution in [2.45, 2.75) is 31.7 Å². The lowest BCUT2D eigenvalue weighted by Crippen LogP contribution is -2.50. The minimum atomic E-state index is -0.0624. The van der Waals surface area contributed by atoms with E-state index in [9.17, 15) is 4.79 Å². The van der Waals surface area contributed by atoms with Gasteiger partial charge in [0.1, 0.15) is 0 Å². The zero-order chi connectivity index (χ0) is 10.0. The van der Waals surface area contributed by atoms with Gasteiger partial charge in [0.2, 0.25) is 5.91 Å². The first-order chi connectivity index (χ1) is 6.73. The van der Waals surface area contributed by atoms with Gasteiger partial charge < -0.3 is 5.32 Å². The normalized spacial score (nSPS) is 18.4. The van der Waals surface area contributed by atoms with Crippen LogP contribution in [0.3, 0.4) is 0 Å². The van der Waals surface area contributed by atoms with Gasteiger partial charge in [-0.15, -0.1) is 0 Å². The molecule has 1 aromatic carbocycles. The molecule has 2 nitrogen and oxygen atoms in total. The van der Waals surface area contributed by atoms with Gasteiger partial charge >= 0.3 is 0 Å². The van der Waals surface area contributed by atoms with E-state index in [0.29, 0.717) is 0 Å². The molecule has 1 aliphatic rings. The molecule has 0 saturated heterocycles. The Labute approximate surface area is 84.3 Å². The third kappa shape index (κ3) is 1.52. The standard InChI is InChI=1S/C12H15NO/c1-10(14)13-12(8-5-9-12)11-6-3-2-4-7-11/h2-4,6-7H,5,8-9H2,1H3,(H,13,14). The van der Waals surface area contributed by atoms with Crippen LogP contribution < -0.4 is 5.32 Å². The topological polar surface area (TPSA) is 29.1 Å². The van der Waals surface area contributed by atoms with Gasteiger partial charge in [0.15, 0.2) is 0 Å². The van der Waals surface area contributed by atoms with Crippen molar-refractivity contribution in [2.75, 3.05) is 0 Å². The molecule has 0 aliphatic heterocycles. The Morgan fingerprint density at radius 2 is 1.93 bits per heavy atom. The summed E-state index contributed by atoms with van der Waals surface area (Å²) in [6.07, 6.45) is 3.34. The Bertz CT molecular complexity index is 327. The van der Waals surface area contributed by atoms with E-state index >= 15 is 0 Å². The molecule has 0 bridgehead atoms. The van der Waals surface area contributed by atoms with Crippen molar-refractivity contribution in [3.8, 4) is 0 Å². The van der Waals surface area contributed by atoms with E-state index in [4.69, 9.17) is 0 Å². The lowest BCUT2D eigenvalue weighted by Gasteiger charge is -2.42. The van der Waals surface area contributed by atoms with Crippen LogP contribution in [0, 0.1) is 0 Å². The molecule has 1 fully saturated rings. The largest absolute Gasteiger partial charge is 0.347 e. The number of hydrogen-bond donors (Lipinski definition) is 1. The Balaban J connectivity index is 2.25. The van der Waals surface area contributed by atoms with Crippen molar-refractivity contribution in [1.29, 1.82) is 0 Å². The average Bonchev–Trinajstić information content (AvgIpc) is 2.12. The first-order valence-electron chi connectivity index (χ1n) is 5.07. The van der Waals surface area contributed by atoms with Crippen LogP contribution >= 0.6 is 0 Å². The van der Waals surface area contributed by atoms with Crippen molar-refractivity contribution in [2.24, 2.45) is 0 Å². The second kappa shape index (κ2) is 3.45. The van der Waals surface area contributed by atoms with Crippen molar-refractivity contribution in [3.63, 3.8) is 0 Å². The van der Waals surface area contributed by atoms with E-state index in [-0.39, 0.29) is 11.4 Å². The van der Waals surface area contributed by atoms with Gasteiger partial charge in [-0.3, -0.25) is 4.79 Å². The summed E-state index contributed by atoms with van der Waals surface area (Å²) in [5.74, 6) is 0.0635. The van der Waals surface area contributed by atoms with Crippen LogP contribution in [0.1, 0.15) is 31.7 Å². The van der Waals surface area contributed by atoms with Gasteiger partial charge in [0.05, 0.1) is 5.54 Å². The van der Waals surface area contributed by atoms with E-state index < -0.39 is 0 Å². The molecule has 0 atom stereocenters. The smallest absolute Gasteiger partial charge is 0.217 e. The second-order valence-corrected chi connectivity index (χ2v) is 3.98. The van der Waals surface area contributed by atoms with Crippen molar-refractivity contribution in [1.82, 2.24) is 5.32 Å². The summed E-state index contributed by atoms with van der Waals surface area (Å²) >= 11 is 0. The molecule has 1 saturated carbocycles. The first kappa shape index (κ1) is 9.25. The predicted molar refractivity (Wildman–Crippen MR) is 55.8 cm³/mol. The molecular formula is C12H15NO. The summed E-state index contributed by atoms with van der Waals surface area (Å²) in [5.41, 5.74) is 1.18. The molecule has 0 radical (unpaired) electrons. The highest BCUT2D eigenvalue weighted by atomic mass is 16.1. The van der Waals surface area contributed by atoms with Gasteiger partial charge in [0, 0.05) is 6.92 Å². The molecule has 1 amide bonds. The number of hydrogen-bond acceptors (Lipinski definition) is 1. The number of benzene rings is 1. The molecule has 74 valence electrons. The van der Waals surface area contributed by atoms with Crippen LogP contribution in [0.15, 0.2) is 30.3 Å². The number of amides is 1. The zero-order valence-electron chi connectivity index (χ0n) is 8.42. The van der Waals surface area contributed by atoms with Crippen LogP contribution in [0.5, 0.6) is 0 Å². The monoisotopic (exact) mass is 189 g/mol. The molecule has 0 spiro atoms. The molecule has 1 aliphatic carbocycles. The lowest BCUT2D eigenvalue weighted by atomic mass is 9.72. The van der Waals surface area contributed by atoms with Crippen LogP contribution in [0.2, 0.25) is 0 Å². The summed E-state index contributed by atoms with van der Waals surface area (Å²) < 4.78 is 0. The van der Waals surface area contributed by atoms with Gasteiger partial charge in [-0.1, -0.05) is 30.3 Å². The third-order valence-electron chi connectivity index (χ3n) is 2.95. The zero-order valence-corrected chi connectivity index (χ0v) is 8.42. The molecule has 1 N–H and O–H groups in total. The Hall–Kier alpha value is -1.31. The average molecular weight is 189 g/mol. The number of carbonyl (C=O) groups is 1. The quantitative estimate of drug-likeness (QED) is 0.759. The molecule has 2 heteroatoms. The Morgan fingerprint density at radius 3 is 2.36 bits per heavy atom. The summed E-state index contributed by atoms with van der Waals surface area (Å²) in [6.45, 7) is 1.59. The van der Waals surface area contributed by atoms with E-state index in [1.54, 1.807) is 6.92 Å². The second-order valence-electron chi connectivity index (χ2n) is 3.98. The summed E-state index contributed by atoms with van der Waals surface area (Å²) in [4.78, 5) is 11.1. The van der Waals surface area contributed by atoms with Gasteiger partial charge in [0.25, 0.3) is 0 Å². The fourth-order valence-corrected chi connectivity index (χ4v) is 2.11. The predicted octanol–water partition coefficient (Wildman–Crippen LogP) is 2.20. The highest BCUT2D eigenvalue weighted by Gasteiger charge is 2.38. The summed E-state index contributed by atoms with van der Waals surface area (Å²) in [6, 6.07) is 10.2. The number of nitrogens with one attached hydrogen (secondary N) is 1. The van der Waals surface area contributed by atoms with Gasteiger partial charge in [-0.05, 0) is 24.8 Å². The minimum absolute atomic E-state index is 0.0624. The van der Waals surface area contributed by atoms with E-state index in [0.717, 1.165) is 12.8 Å². The maximum absolute atomic E-state index is 11.1. The highest BCUT2D eigenvalue weighted by molar-refractivity contribution is 5.74. The lowest BCUT2D eigenvalue weighted by molar-refractivity contribution is -0.122. The molecular weight excluding hydrogens is 174 g/mol. The summed E-state index contributed by atoms with van der Waals surface area (Å²) in [5, 5.41) is 3.07. The van der Waals surface area contributed by atoms with Crippen molar-refractivity contribution in [3.05, 3.63) is 35.9 Å². The van der Waals surface area contributed by atoms with E-state index in [1.165, 1.54) is 12.0 Å². The first-order valence-corrected chi connectivity index (χ1v) is 5.07. The molecule has 0 aromatic heterocycles. The molecule has 1 aromatic rings. The number of rotatable bonds is 2. The van der Waals surface area contributed by atoms with E-state index in [1.807, 2.05) is 18.2 Å². The Kier molecular flexibility index (Phi) is 2.28. The summed E-state index contributed by atoms with van der Waals surface area (Å²) in [7, 11) is 0. The molecule has 14 heavy (non-hydrogen) atoms. The minimum Gasteiger partial charge on any atom is -0.347 e. The highest BCUT2D eigenvalue weighted by Crippen LogP contribution is 2.40. The molecule has 0 unspecified atom stereocenters. The van der Waals surface area contributed by atoms with Crippen molar-refractivity contribution < 1.29 is 4.79 Å². The van der Waals surface area contributed by atoms with Crippen LogP contribution in [0.25, 0.3) is 0 Å². The number of carbonyl (C=O) groups excluding carboxylic acids is 1. The van der Waals surface area contributed by atoms with Crippen molar-refractivity contribution >= 4 is 5.91 Å². The fraction of sp³-hybridized carbons (Fsp3) is 0.417. The maximum atomic E-state index is 11.1. The SMILES string of the molecule is CC(=O)NC1(c2ccccc2)CCC1. The maximum Gasteiger partial charge on any atom is 0.217 e. The molecule has 2 rings (SSSR count). The van der Waals surface area contributed by atoms with Crippen LogP contribution in [-0.4, -0.2) is 5.91 Å². The van der Waals surface area contributed by atoms with Gasteiger partial charge in [-0.25, -0.2) is 0 Å². The Morgan fingerprint density at radius 1 is 1.29 bits per heavy atom. The molecule has 0 heterocycles. The van der Waals surface area contributed by atoms with Crippen LogP contribution in [0.4, 0.5) is 0 Å². The fourth-order valence-electron chi connectivity index (χ4n) is 2.11. The third-order valence-corrected chi connectivity index (χ3v) is 2.95. The van der Waals surface area contributed by atoms with Gasteiger partial charge in [-0.2, -0.15) is 0 Å². The van der Waals surface area contributed by atoms with Crippen LogP contribution in [-0.2, 0) is 10.3 Å².